The fourth-order valence-electron chi connectivity index (χ4n) is 3.74. The molecule has 0 radical (unpaired) electrons. The van der Waals surface area contributed by atoms with Crippen LogP contribution in [-0.4, -0.2) is 37.1 Å². The molecule has 0 bridgehead atoms. The minimum absolute atomic E-state index is 0.621. The van der Waals surface area contributed by atoms with Crippen molar-refractivity contribution in [1.29, 1.82) is 0 Å². The van der Waals surface area contributed by atoms with Gasteiger partial charge in [-0.1, -0.05) is 20.3 Å². The molecule has 0 aromatic rings. The molecular formula is C15H30N2. The number of piperidine rings is 2. The Labute approximate surface area is 107 Å². The fourth-order valence-corrected chi connectivity index (χ4v) is 3.74. The van der Waals surface area contributed by atoms with Gasteiger partial charge in [0.25, 0.3) is 0 Å². The molecule has 100 valence electrons. The van der Waals surface area contributed by atoms with Gasteiger partial charge in [0.15, 0.2) is 0 Å². The van der Waals surface area contributed by atoms with Crippen LogP contribution < -0.4 is 5.32 Å². The lowest BCUT2D eigenvalue weighted by molar-refractivity contribution is 0.0554. The summed E-state index contributed by atoms with van der Waals surface area (Å²) in [6, 6.07) is 0.877. The quantitative estimate of drug-likeness (QED) is 0.810. The summed E-state index contributed by atoms with van der Waals surface area (Å²) in [6.45, 7) is 9.95. The van der Waals surface area contributed by atoms with E-state index >= 15 is 0 Å². The highest BCUT2D eigenvalue weighted by atomic mass is 15.2. The van der Waals surface area contributed by atoms with E-state index in [0.717, 1.165) is 6.04 Å². The van der Waals surface area contributed by atoms with E-state index in [1.165, 1.54) is 71.1 Å². The summed E-state index contributed by atoms with van der Waals surface area (Å²) in [7, 11) is 0. The van der Waals surface area contributed by atoms with Crippen LogP contribution in [0.4, 0.5) is 0 Å². The third-order valence-electron chi connectivity index (χ3n) is 5.17. The summed E-state index contributed by atoms with van der Waals surface area (Å²) < 4.78 is 0. The van der Waals surface area contributed by atoms with Crippen LogP contribution in [0, 0.1) is 5.41 Å². The van der Waals surface area contributed by atoms with Crippen molar-refractivity contribution in [2.75, 3.05) is 26.2 Å². The molecule has 2 aliphatic heterocycles. The molecule has 0 amide bonds. The van der Waals surface area contributed by atoms with E-state index in [1.54, 1.807) is 0 Å². The Hall–Kier alpha value is -0.0800. The number of nitrogens with zero attached hydrogens (tertiary/aromatic N) is 1. The van der Waals surface area contributed by atoms with Gasteiger partial charge in [-0.3, -0.25) is 4.90 Å². The molecule has 2 fully saturated rings. The van der Waals surface area contributed by atoms with Crippen molar-refractivity contribution in [3.63, 3.8) is 0 Å². The minimum Gasteiger partial charge on any atom is -0.317 e. The van der Waals surface area contributed by atoms with Crippen LogP contribution in [0.5, 0.6) is 0 Å². The van der Waals surface area contributed by atoms with Gasteiger partial charge in [0.05, 0.1) is 0 Å². The fraction of sp³-hybridized carbons (Fsp3) is 1.00. The van der Waals surface area contributed by atoms with Gasteiger partial charge in [-0.2, -0.15) is 0 Å². The molecular weight excluding hydrogens is 208 g/mol. The second kappa shape index (κ2) is 6.19. The number of likely N-dealkylation sites (tertiary alicyclic amines) is 1. The summed E-state index contributed by atoms with van der Waals surface area (Å²) in [6.07, 6.45) is 9.80. The van der Waals surface area contributed by atoms with Gasteiger partial charge in [0.2, 0.25) is 0 Å². The van der Waals surface area contributed by atoms with Crippen LogP contribution in [0.2, 0.25) is 0 Å². The van der Waals surface area contributed by atoms with Crippen molar-refractivity contribution >= 4 is 0 Å². The zero-order valence-electron chi connectivity index (χ0n) is 11.8. The Morgan fingerprint density at radius 2 is 1.94 bits per heavy atom. The lowest BCUT2D eigenvalue weighted by Crippen LogP contribution is -2.49. The molecule has 17 heavy (non-hydrogen) atoms. The first-order valence-corrected chi connectivity index (χ1v) is 7.74. The first kappa shape index (κ1) is 13.4. The Morgan fingerprint density at radius 1 is 1.18 bits per heavy atom. The maximum atomic E-state index is 3.52. The van der Waals surface area contributed by atoms with Crippen molar-refractivity contribution in [3.8, 4) is 0 Å². The van der Waals surface area contributed by atoms with Gasteiger partial charge >= 0.3 is 0 Å². The van der Waals surface area contributed by atoms with E-state index in [4.69, 9.17) is 0 Å². The maximum absolute atomic E-state index is 3.52. The van der Waals surface area contributed by atoms with Gasteiger partial charge in [-0.15, -0.1) is 0 Å². The number of nitrogens with one attached hydrogen (secondary N) is 1. The number of rotatable bonds is 4. The smallest absolute Gasteiger partial charge is 0.00928 e. The number of hydrogen-bond donors (Lipinski definition) is 1. The highest BCUT2D eigenvalue weighted by Gasteiger charge is 2.34. The van der Waals surface area contributed by atoms with Gasteiger partial charge in [-0.05, 0) is 63.6 Å². The van der Waals surface area contributed by atoms with E-state index in [0.29, 0.717) is 5.41 Å². The van der Waals surface area contributed by atoms with E-state index < -0.39 is 0 Å². The minimum atomic E-state index is 0.621. The highest BCUT2D eigenvalue weighted by Crippen LogP contribution is 2.35. The molecule has 0 aromatic heterocycles. The summed E-state index contributed by atoms with van der Waals surface area (Å²) in [5.74, 6) is 0. The van der Waals surface area contributed by atoms with Gasteiger partial charge in [0.1, 0.15) is 0 Å². The Kier molecular flexibility index (Phi) is 4.87. The van der Waals surface area contributed by atoms with Gasteiger partial charge in [0, 0.05) is 12.6 Å². The summed E-state index contributed by atoms with van der Waals surface area (Å²) >= 11 is 0. The van der Waals surface area contributed by atoms with Crippen LogP contribution in [-0.2, 0) is 0 Å². The monoisotopic (exact) mass is 238 g/mol. The maximum Gasteiger partial charge on any atom is 0.00928 e. The Morgan fingerprint density at radius 3 is 2.59 bits per heavy atom. The normalized spacial score (nSPS) is 30.4. The zero-order chi connectivity index (χ0) is 12.1. The lowest BCUT2D eigenvalue weighted by atomic mass is 9.75. The average molecular weight is 238 g/mol. The summed E-state index contributed by atoms with van der Waals surface area (Å²) in [5.41, 5.74) is 0.621. The van der Waals surface area contributed by atoms with Crippen LogP contribution in [0.15, 0.2) is 0 Å². The van der Waals surface area contributed by atoms with Crippen LogP contribution in [0.3, 0.4) is 0 Å². The molecule has 1 atom stereocenters. The summed E-state index contributed by atoms with van der Waals surface area (Å²) in [5, 5.41) is 3.52. The predicted molar refractivity (Wildman–Crippen MR) is 74.3 cm³/mol. The molecule has 2 aliphatic rings. The first-order chi connectivity index (χ1) is 8.29. The third kappa shape index (κ3) is 3.23. The van der Waals surface area contributed by atoms with Crippen LogP contribution in [0.1, 0.15) is 58.8 Å². The molecule has 2 heterocycles. The second-order valence-corrected chi connectivity index (χ2v) is 6.13. The molecule has 2 nitrogen and oxygen atoms in total. The van der Waals surface area contributed by atoms with Crippen LogP contribution >= 0.6 is 0 Å². The topological polar surface area (TPSA) is 15.3 Å². The van der Waals surface area contributed by atoms with Crippen molar-refractivity contribution in [1.82, 2.24) is 10.2 Å². The SMILES string of the molecule is CCC1CCCCN1CC1(CC)CCNCC1. The predicted octanol–water partition coefficient (Wildman–Crippen LogP) is 3.03. The van der Waals surface area contributed by atoms with Crippen molar-refractivity contribution < 1.29 is 0 Å². The first-order valence-electron chi connectivity index (χ1n) is 7.74. The molecule has 2 rings (SSSR count). The molecule has 0 spiro atoms. The third-order valence-corrected chi connectivity index (χ3v) is 5.17. The standard InChI is InChI=1S/C15H30N2/c1-3-14-7-5-6-12-17(14)13-15(4-2)8-10-16-11-9-15/h14,16H,3-13H2,1-2H3. The van der Waals surface area contributed by atoms with Gasteiger partial charge in [-0.25, -0.2) is 0 Å². The van der Waals surface area contributed by atoms with E-state index in [9.17, 15) is 0 Å². The Balaban J connectivity index is 1.96. The average Bonchev–Trinajstić information content (AvgIpc) is 2.40. The van der Waals surface area contributed by atoms with Crippen molar-refractivity contribution in [2.24, 2.45) is 5.41 Å². The van der Waals surface area contributed by atoms with Crippen molar-refractivity contribution in [2.45, 2.75) is 64.8 Å². The van der Waals surface area contributed by atoms with E-state index in [2.05, 4.69) is 24.1 Å². The largest absolute Gasteiger partial charge is 0.317 e. The highest BCUT2D eigenvalue weighted by molar-refractivity contribution is 4.89. The van der Waals surface area contributed by atoms with E-state index in [-0.39, 0.29) is 0 Å². The van der Waals surface area contributed by atoms with Gasteiger partial charge < -0.3 is 5.32 Å². The zero-order valence-corrected chi connectivity index (χ0v) is 11.8. The second-order valence-electron chi connectivity index (χ2n) is 6.13. The summed E-state index contributed by atoms with van der Waals surface area (Å²) in [4.78, 5) is 2.82. The van der Waals surface area contributed by atoms with Crippen molar-refractivity contribution in [3.05, 3.63) is 0 Å². The molecule has 0 aliphatic carbocycles. The number of hydrogen-bond acceptors (Lipinski definition) is 2. The van der Waals surface area contributed by atoms with E-state index in [1.807, 2.05) is 0 Å². The Bertz CT molecular complexity index is 221. The molecule has 1 unspecified atom stereocenters. The molecule has 2 saturated heterocycles. The molecule has 2 heteroatoms. The molecule has 0 aromatic carbocycles. The molecule has 1 N–H and O–H groups in total. The lowest BCUT2D eigenvalue weighted by Gasteiger charge is -2.45. The van der Waals surface area contributed by atoms with Crippen LogP contribution in [0.25, 0.3) is 0 Å². The molecule has 0 saturated carbocycles.